The van der Waals surface area contributed by atoms with E-state index in [2.05, 4.69) is 27.4 Å². The number of methoxy groups -OCH3 is 2. The van der Waals surface area contributed by atoms with Gasteiger partial charge in [-0.3, -0.25) is 0 Å². The molecule has 0 N–H and O–H groups in total. The molecular formula is C19H20N4O2S. The summed E-state index contributed by atoms with van der Waals surface area (Å²) in [6.45, 7) is 0. The Balaban J connectivity index is 1.94. The highest BCUT2D eigenvalue weighted by Gasteiger charge is 2.12. The molecule has 0 saturated carbocycles. The van der Waals surface area contributed by atoms with Gasteiger partial charge in [0.05, 0.1) is 20.4 Å². The van der Waals surface area contributed by atoms with Gasteiger partial charge < -0.3 is 9.47 Å². The van der Waals surface area contributed by atoms with Gasteiger partial charge in [-0.1, -0.05) is 48.2 Å². The molecule has 3 rings (SSSR count). The Hall–Kier alpha value is -2.80. The number of nitrogens with zero attached hydrogens (tertiary/aromatic N) is 4. The summed E-state index contributed by atoms with van der Waals surface area (Å²) in [6, 6.07) is 15.8. The van der Waals surface area contributed by atoms with Gasteiger partial charge in [0.1, 0.15) is 0 Å². The van der Waals surface area contributed by atoms with Crippen LogP contribution in [-0.4, -0.2) is 41.6 Å². The summed E-state index contributed by atoms with van der Waals surface area (Å²) in [5.74, 6) is 2.08. The smallest absolute Gasteiger partial charge is 0.211 e. The Morgan fingerprint density at radius 3 is 2.54 bits per heavy atom. The van der Waals surface area contributed by atoms with Crippen LogP contribution in [0.4, 0.5) is 0 Å². The van der Waals surface area contributed by atoms with Gasteiger partial charge in [-0.05, 0) is 24.0 Å². The average molecular weight is 368 g/mol. The van der Waals surface area contributed by atoms with Crippen LogP contribution in [-0.2, 0) is 6.42 Å². The van der Waals surface area contributed by atoms with Crippen molar-refractivity contribution in [2.45, 2.75) is 11.6 Å². The first-order chi connectivity index (χ1) is 12.8. The molecule has 3 aromatic rings. The Morgan fingerprint density at radius 2 is 1.85 bits per heavy atom. The SMILES string of the molecule is COc1cccc(/C=N\n2c(Cc3ccccc3)nnc2SC)c1OC. The molecular weight excluding hydrogens is 348 g/mol. The van der Waals surface area contributed by atoms with Crippen LogP contribution in [0, 0.1) is 0 Å². The lowest BCUT2D eigenvalue weighted by atomic mass is 10.1. The van der Waals surface area contributed by atoms with Gasteiger partial charge in [0.15, 0.2) is 17.3 Å². The highest BCUT2D eigenvalue weighted by atomic mass is 32.2. The van der Waals surface area contributed by atoms with E-state index in [0.29, 0.717) is 17.9 Å². The van der Waals surface area contributed by atoms with Crippen LogP contribution in [0.3, 0.4) is 0 Å². The molecule has 0 unspecified atom stereocenters. The average Bonchev–Trinajstić information content (AvgIpc) is 3.08. The maximum absolute atomic E-state index is 5.46. The third-order valence-corrected chi connectivity index (χ3v) is 4.43. The predicted octanol–water partition coefficient (Wildman–Crippen LogP) is 3.49. The summed E-state index contributed by atoms with van der Waals surface area (Å²) < 4.78 is 12.6. The summed E-state index contributed by atoms with van der Waals surface area (Å²) in [4.78, 5) is 0. The molecule has 2 aromatic carbocycles. The Bertz CT molecular complexity index is 894. The van der Waals surface area contributed by atoms with Crippen molar-refractivity contribution >= 4 is 18.0 Å². The fourth-order valence-corrected chi connectivity index (χ4v) is 3.01. The molecule has 0 bridgehead atoms. The van der Waals surface area contributed by atoms with Crippen molar-refractivity contribution in [1.29, 1.82) is 0 Å². The molecule has 0 aliphatic heterocycles. The third-order valence-electron chi connectivity index (χ3n) is 3.81. The molecule has 1 aromatic heterocycles. The zero-order valence-electron chi connectivity index (χ0n) is 14.9. The monoisotopic (exact) mass is 368 g/mol. The molecule has 6 nitrogen and oxygen atoms in total. The number of thioether (sulfide) groups is 1. The normalized spacial score (nSPS) is 11.0. The van der Waals surface area contributed by atoms with Crippen molar-refractivity contribution in [3.8, 4) is 11.5 Å². The van der Waals surface area contributed by atoms with Crippen molar-refractivity contribution in [1.82, 2.24) is 14.9 Å². The van der Waals surface area contributed by atoms with E-state index >= 15 is 0 Å². The molecule has 0 aliphatic rings. The Labute approximate surface area is 156 Å². The number of para-hydroxylation sites is 1. The van der Waals surface area contributed by atoms with Gasteiger partial charge in [-0.15, -0.1) is 10.2 Å². The van der Waals surface area contributed by atoms with Crippen molar-refractivity contribution < 1.29 is 9.47 Å². The zero-order valence-corrected chi connectivity index (χ0v) is 15.7. The number of rotatable bonds is 7. The largest absolute Gasteiger partial charge is 0.493 e. The second-order valence-corrected chi connectivity index (χ2v) is 6.18. The summed E-state index contributed by atoms with van der Waals surface area (Å²) in [5, 5.41) is 13.8. The van der Waals surface area contributed by atoms with E-state index in [1.54, 1.807) is 25.1 Å². The second-order valence-electron chi connectivity index (χ2n) is 5.40. The van der Waals surface area contributed by atoms with Gasteiger partial charge in [-0.2, -0.15) is 9.78 Å². The van der Waals surface area contributed by atoms with E-state index in [1.165, 1.54) is 11.8 Å². The first kappa shape index (κ1) is 18.0. The molecule has 0 saturated heterocycles. The predicted molar refractivity (Wildman–Crippen MR) is 104 cm³/mol. The standard InChI is InChI=1S/C19H20N4O2S/c1-24-16-11-7-10-15(18(16)25-2)13-20-23-17(21-22-19(23)26-3)12-14-8-5-4-6-9-14/h4-11,13H,12H2,1-3H3/b20-13-. The van der Waals surface area contributed by atoms with E-state index in [9.17, 15) is 0 Å². The second kappa shape index (κ2) is 8.53. The van der Waals surface area contributed by atoms with Gasteiger partial charge in [-0.25, -0.2) is 0 Å². The van der Waals surface area contributed by atoms with Gasteiger partial charge in [0.2, 0.25) is 5.16 Å². The maximum Gasteiger partial charge on any atom is 0.211 e. The van der Waals surface area contributed by atoms with Crippen molar-refractivity contribution in [2.24, 2.45) is 5.10 Å². The molecule has 0 spiro atoms. The Morgan fingerprint density at radius 1 is 1.04 bits per heavy atom. The summed E-state index contributed by atoms with van der Waals surface area (Å²) in [5.41, 5.74) is 1.97. The van der Waals surface area contributed by atoms with Crippen molar-refractivity contribution in [3.05, 3.63) is 65.5 Å². The van der Waals surface area contributed by atoms with Crippen molar-refractivity contribution in [2.75, 3.05) is 20.5 Å². The number of aromatic nitrogens is 3. The summed E-state index contributed by atoms with van der Waals surface area (Å²) in [7, 11) is 3.23. The first-order valence-electron chi connectivity index (χ1n) is 8.04. The molecule has 0 aliphatic carbocycles. The fraction of sp³-hybridized carbons (Fsp3) is 0.211. The van der Waals surface area contributed by atoms with E-state index in [0.717, 1.165) is 22.1 Å². The van der Waals surface area contributed by atoms with Crippen LogP contribution in [0.25, 0.3) is 0 Å². The molecule has 7 heteroatoms. The summed E-state index contributed by atoms with van der Waals surface area (Å²) >= 11 is 1.50. The Kier molecular flexibility index (Phi) is 5.91. The van der Waals surface area contributed by atoms with Crippen LogP contribution in [0.15, 0.2) is 58.8 Å². The number of hydrogen-bond acceptors (Lipinski definition) is 6. The molecule has 26 heavy (non-hydrogen) atoms. The zero-order chi connectivity index (χ0) is 18.4. The van der Waals surface area contributed by atoms with Crippen molar-refractivity contribution in [3.63, 3.8) is 0 Å². The lowest BCUT2D eigenvalue weighted by Crippen LogP contribution is -2.02. The minimum absolute atomic E-state index is 0.641. The third kappa shape index (κ3) is 3.88. The van der Waals surface area contributed by atoms with Crippen LogP contribution >= 0.6 is 11.8 Å². The van der Waals surface area contributed by atoms with E-state index in [4.69, 9.17) is 9.47 Å². The van der Waals surface area contributed by atoms with Crippen LogP contribution in [0.5, 0.6) is 11.5 Å². The van der Waals surface area contributed by atoms with Crippen LogP contribution in [0.2, 0.25) is 0 Å². The molecule has 0 radical (unpaired) electrons. The quantitative estimate of drug-likeness (QED) is 0.472. The molecule has 0 atom stereocenters. The van der Waals surface area contributed by atoms with E-state index in [-0.39, 0.29) is 0 Å². The van der Waals surface area contributed by atoms with Gasteiger partial charge in [0.25, 0.3) is 0 Å². The van der Waals surface area contributed by atoms with Crippen LogP contribution < -0.4 is 9.47 Å². The fourth-order valence-electron chi connectivity index (χ4n) is 2.56. The topological polar surface area (TPSA) is 61.5 Å². The van der Waals surface area contributed by atoms with E-state index < -0.39 is 0 Å². The first-order valence-corrected chi connectivity index (χ1v) is 9.26. The minimum Gasteiger partial charge on any atom is -0.493 e. The lowest BCUT2D eigenvalue weighted by Gasteiger charge is -2.09. The highest BCUT2D eigenvalue weighted by Crippen LogP contribution is 2.29. The highest BCUT2D eigenvalue weighted by molar-refractivity contribution is 7.98. The maximum atomic E-state index is 5.46. The molecule has 1 heterocycles. The minimum atomic E-state index is 0.641. The van der Waals surface area contributed by atoms with Crippen LogP contribution in [0.1, 0.15) is 17.0 Å². The number of hydrogen-bond donors (Lipinski definition) is 0. The number of ether oxygens (including phenoxy) is 2. The number of benzene rings is 2. The van der Waals surface area contributed by atoms with Gasteiger partial charge in [0, 0.05) is 12.0 Å². The summed E-state index contributed by atoms with van der Waals surface area (Å²) in [6.07, 6.45) is 4.34. The molecule has 134 valence electrons. The molecule has 0 amide bonds. The van der Waals surface area contributed by atoms with Gasteiger partial charge >= 0.3 is 0 Å². The molecule has 0 fully saturated rings. The van der Waals surface area contributed by atoms with E-state index in [1.807, 2.05) is 42.7 Å². The lowest BCUT2D eigenvalue weighted by molar-refractivity contribution is 0.354.